The lowest BCUT2D eigenvalue weighted by molar-refractivity contribution is 0.498. The summed E-state index contributed by atoms with van der Waals surface area (Å²) in [6.45, 7) is -3.72. The summed E-state index contributed by atoms with van der Waals surface area (Å²) in [5.41, 5.74) is -0.951. The number of rotatable bonds is 1. The van der Waals surface area contributed by atoms with Gasteiger partial charge in [-0.25, -0.2) is 4.98 Å². The second kappa shape index (κ2) is 2.93. The summed E-state index contributed by atoms with van der Waals surface area (Å²) in [4.78, 5) is 6.72. The van der Waals surface area contributed by atoms with Crippen LogP contribution in [0, 0.1) is 6.92 Å². The molecule has 1 rings (SSSR count). The molecule has 0 saturated heterocycles. The quantitative estimate of drug-likeness (QED) is 0.501. The van der Waals surface area contributed by atoms with Crippen LogP contribution in [-0.4, -0.2) is 16.9 Å². The number of hydrogen-bond donors (Lipinski definition) is 0. The van der Waals surface area contributed by atoms with Gasteiger partial charge in [-0.05, 0) is 18.6 Å². The van der Waals surface area contributed by atoms with Gasteiger partial charge in [0, 0.05) is 0 Å². The first-order chi connectivity index (χ1) is 5.39. The van der Waals surface area contributed by atoms with E-state index >= 15 is 0 Å². The van der Waals surface area contributed by atoms with E-state index in [1.807, 2.05) is 0 Å². The lowest BCUT2D eigenvalue weighted by Gasteiger charge is -2.13. The van der Waals surface area contributed by atoms with Crippen LogP contribution in [0.15, 0.2) is 6.07 Å². The van der Waals surface area contributed by atoms with Crippen molar-refractivity contribution < 1.29 is 12.9 Å². The monoisotopic (exact) mass is 195 g/mol. The normalized spacial score (nSPS) is 11.8. The van der Waals surface area contributed by atoms with Crippen LogP contribution in [0.25, 0.3) is 0 Å². The molecular weight excluding hydrogens is 191 g/mol. The number of hydrogen-bond acceptors (Lipinski definition) is 2. The van der Waals surface area contributed by atoms with Gasteiger partial charge in [0.05, 0.1) is 0 Å². The maximum absolute atomic E-state index is 12.1. The fourth-order valence-corrected chi connectivity index (χ4v) is 0.955. The third kappa shape index (κ3) is 2.10. The van der Waals surface area contributed by atoms with Crippen LogP contribution in [0.2, 0.25) is 5.15 Å². The zero-order chi connectivity index (χ0) is 9.35. The summed E-state index contributed by atoms with van der Waals surface area (Å²) in [6, 6.07) is 0.717. The molecule has 1 heterocycles. The molecule has 1 aromatic rings. The maximum atomic E-state index is 12.1. The summed E-state index contributed by atoms with van der Waals surface area (Å²) in [5.74, 6) is 0.0247. The summed E-state index contributed by atoms with van der Waals surface area (Å²) < 4.78 is 36.2. The maximum Gasteiger partial charge on any atom is 0.527 e. The first-order valence-electron chi connectivity index (χ1n) is 3.10. The van der Waals surface area contributed by atoms with Gasteiger partial charge in [0.1, 0.15) is 11.0 Å². The Morgan fingerprint density at radius 1 is 1.33 bits per heavy atom. The van der Waals surface area contributed by atoms with Crippen molar-refractivity contribution in [3.05, 3.63) is 17.0 Å². The Balaban J connectivity index is 3.18. The van der Waals surface area contributed by atoms with Crippen molar-refractivity contribution in [1.82, 2.24) is 9.97 Å². The van der Waals surface area contributed by atoms with Gasteiger partial charge in [0.15, 0.2) is 0 Å². The molecule has 0 unspecified atom stereocenters. The van der Waals surface area contributed by atoms with E-state index in [9.17, 15) is 12.9 Å². The van der Waals surface area contributed by atoms with Crippen molar-refractivity contribution in [3.8, 4) is 0 Å². The molecule has 2 nitrogen and oxygen atoms in total. The largest absolute Gasteiger partial charge is 0.527 e. The molecule has 0 fully saturated rings. The van der Waals surface area contributed by atoms with Crippen molar-refractivity contribution in [3.63, 3.8) is 0 Å². The Kier molecular flexibility index (Phi) is 2.28. The number of halogens is 4. The smallest absolute Gasteiger partial charge is 0.444 e. The van der Waals surface area contributed by atoms with E-state index < -0.39 is 12.6 Å². The average molecular weight is 195 g/mol. The fourth-order valence-electron chi connectivity index (χ4n) is 0.721. The number of nitrogens with zero attached hydrogens (tertiary/aromatic N) is 2. The van der Waals surface area contributed by atoms with Gasteiger partial charge in [0.25, 0.3) is 0 Å². The number of aromatic nitrogens is 2. The second-order valence-electron chi connectivity index (χ2n) is 2.24. The summed E-state index contributed by atoms with van der Waals surface area (Å²) >= 11 is 5.32. The summed E-state index contributed by atoms with van der Waals surface area (Å²) in [6.07, 6.45) is 0. The second-order valence-corrected chi connectivity index (χ2v) is 2.62. The minimum atomic E-state index is -5.08. The molecule has 0 aliphatic rings. The molecule has 0 atom stereocenters. The lowest BCUT2D eigenvalue weighted by atomic mass is 9.86. The predicted molar refractivity (Wildman–Crippen MR) is 40.5 cm³/mol. The Hall–Kier alpha value is -0.775. The Labute approximate surface area is 71.8 Å². The Morgan fingerprint density at radius 3 is 2.33 bits per heavy atom. The highest BCUT2D eigenvalue weighted by atomic mass is 35.5. The van der Waals surface area contributed by atoms with Crippen LogP contribution in [-0.2, 0) is 0 Å². The predicted octanol–water partition coefficient (Wildman–Crippen LogP) is 1.49. The van der Waals surface area contributed by atoms with Gasteiger partial charge in [-0.3, -0.25) is 4.98 Å². The minimum absolute atomic E-state index is 0.0247. The van der Waals surface area contributed by atoms with Crippen molar-refractivity contribution in [2.75, 3.05) is 0 Å². The SMILES string of the molecule is Cc1nc(Cl)cc([B-](F)(F)F)n1. The summed E-state index contributed by atoms with van der Waals surface area (Å²) in [7, 11) is 0. The molecule has 0 bridgehead atoms. The van der Waals surface area contributed by atoms with Crippen LogP contribution < -0.4 is 5.59 Å². The zero-order valence-corrected chi connectivity index (χ0v) is 6.82. The van der Waals surface area contributed by atoms with E-state index in [1.165, 1.54) is 6.92 Å². The van der Waals surface area contributed by atoms with Crippen molar-refractivity contribution in [2.45, 2.75) is 6.92 Å². The third-order valence-corrected chi connectivity index (χ3v) is 1.36. The van der Waals surface area contributed by atoms with E-state index in [-0.39, 0.29) is 11.0 Å². The summed E-state index contributed by atoms with van der Waals surface area (Å²) in [5, 5.41) is -0.184. The molecule has 0 spiro atoms. The van der Waals surface area contributed by atoms with Crippen LogP contribution in [0.5, 0.6) is 0 Å². The van der Waals surface area contributed by atoms with Gasteiger partial charge < -0.3 is 12.9 Å². The first kappa shape index (κ1) is 9.31. The van der Waals surface area contributed by atoms with E-state index in [4.69, 9.17) is 11.6 Å². The van der Waals surface area contributed by atoms with Gasteiger partial charge in [-0.15, -0.1) is 0 Å². The van der Waals surface area contributed by atoms with E-state index in [0.717, 1.165) is 0 Å². The van der Waals surface area contributed by atoms with Crippen LogP contribution in [0.4, 0.5) is 12.9 Å². The minimum Gasteiger partial charge on any atom is -0.444 e. The highest BCUT2D eigenvalue weighted by Gasteiger charge is 2.28. The van der Waals surface area contributed by atoms with Crippen molar-refractivity contribution in [2.24, 2.45) is 0 Å². The molecule has 12 heavy (non-hydrogen) atoms. The van der Waals surface area contributed by atoms with Crippen molar-refractivity contribution >= 4 is 24.2 Å². The highest BCUT2D eigenvalue weighted by molar-refractivity contribution is 6.72. The zero-order valence-electron chi connectivity index (χ0n) is 6.06. The van der Waals surface area contributed by atoms with Crippen molar-refractivity contribution in [1.29, 1.82) is 0 Å². The van der Waals surface area contributed by atoms with Gasteiger partial charge in [0.2, 0.25) is 0 Å². The molecule has 0 aromatic carbocycles. The molecular formula is C5H4BClF3N2-. The van der Waals surface area contributed by atoms with E-state index in [0.29, 0.717) is 6.07 Å². The van der Waals surface area contributed by atoms with Crippen LogP contribution in [0.3, 0.4) is 0 Å². The molecule has 66 valence electrons. The fraction of sp³-hybridized carbons (Fsp3) is 0.200. The van der Waals surface area contributed by atoms with Gasteiger partial charge >= 0.3 is 6.98 Å². The van der Waals surface area contributed by atoms with Gasteiger partial charge in [-0.1, -0.05) is 11.6 Å². The third-order valence-electron chi connectivity index (χ3n) is 1.16. The molecule has 7 heteroatoms. The molecule has 0 saturated carbocycles. The standard InChI is InChI=1S/C5H4BClF3N2/c1-3-11-4(6(8,9)10)2-5(7)12-3/h2H,1H3/q-1. The van der Waals surface area contributed by atoms with Gasteiger partial charge in [-0.2, -0.15) is 0 Å². The molecule has 1 aromatic heterocycles. The van der Waals surface area contributed by atoms with E-state index in [2.05, 4.69) is 9.97 Å². The highest BCUT2D eigenvalue weighted by Crippen LogP contribution is 2.10. The molecule has 0 aliphatic carbocycles. The Morgan fingerprint density at radius 2 is 1.92 bits per heavy atom. The molecule has 0 aliphatic heterocycles. The van der Waals surface area contributed by atoms with Crippen LogP contribution in [0.1, 0.15) is 5.82 Å². The van der Waals surface area contributed by atoms with Crippen LogP contribution >= 0.6 is 11.6 Å². The lowest BCUT2D eigenvalue weighted by Crippen LogP contribution is -2.37. The van der Waals surface area contributed by atoms with E-state index in [1.54, 1.807) is 0 Å². The molecule has 0 N–H and O–H groups in total. The average Bonchev–Trinajstić information content (AvgIpc) is 1.82. The molecule has 0 radical (unpaired) electrons. The Bertz CT molecular complexity index is 281. The topological polar surface area (TPSA) is 25.8 Å². The first-order valence-corrected chi connectivity index (χ1v) is 3.48. The molecule has 0 amide bonds. The number of aryl methyl sites for hydroxylation is 1.